The minimum absolute atomic E-state index is 0.444. The molecule has 0 amide bonds. The van der Waals surface area contributed by atoms with Crippen molar-refractivity contribution in [3.63, 3.8) is 0 Å². The molecule has 2 aromatic rings. The Balaban J connectivity index is 1.74. The van der Waals surface area contributed by atoms with Crippen LogP contribution in [0.2, 0.25) is 0 Å². The molecule has 106 valence electrons. The molecule has 7 heteroatoms. The highest BCUT2D eigenvalue weighted by molar-refractivity contribution is 7.15. The van der Waals surface area contributed by atoms with Crippen molar-refractivity contribution in [3.8, 4) is 0 Å². The predicted octanol–water partition coefficient (Wildman–Crippen LogP) is 1.99. The summed E-state index contributed by atoms with van der Waals surface area (Å²) in [6, 6.07) is 1.95. The lowest BCUT2D eigenvalue weighted by molar-refractivity contribution is -0.139. The third-order valence-corrected chi connectivity index (χ3v) is 4.53. The molecule has 0 radical (unpaired) electrons. The van der Waals surface area contributed by atoms with Crippen LogP contribution in [0.15, 0.2) is 12.3 Å². The summed E-state index contributed by atoms with van der Waals surface area (Å²) >= 11 is 1.56. The molecule has 2 aromatic heterocycles. The standard InChI is InChI=1S/C13H16N4O2S/c1-17-6-5-8(16-17)7-14-13-15-11-9(12(18)19)3-2-4-10(11)20-13/h5-6,9H,2-4,7H2,1H3,(H,14,15)(H,18,19). The smallest absolute Gasteiger partial charge is 0.312 e. The number of carboxylic acids is 1. The lowest BCUT2D eigenvalue weighted by Gasteiger charge is -2.16. The number of thiazole rings is 1. The highest BCUT2D eigenvalue weighted by Gasteiger charge is 2.29. The Bertz CT molecular complexity index is 634. The van der Waals surface area contributed by atoms with Crippen LogP contribution in [-0.4, -0.2) is 25.8 Å². The van der Waals surface area contributed by atoms with Gasteiger partial charge in [0.1, 0.15) is 5.92 Å². The number of aliphatic carboxylic acids is 1. The molecule has 2 N–H and O–H groups in total. The van der Waals surface area contributed by atoms with Crippen LogP contribution in [0.3, 0.4) is 0 Å². The van der Waals surface area contributed by atoms with Gasteiger partial charge in [0, 0.05) is 18.1 Å². The van der Waals surface area contributed by atoms with Crippen molar-refractivity contribution in [2.24, 2.45) is 7.05 Å². The first kappa shape index (κ1) is 13.1. The predicted molar refractivity (Wildman–Crippen MR) is 76.0 cm³/mol. The molecular formula is C13H16N4O2S. The zero-order valence-electron chi connectivity index (χ0n) is 11.2. The largest absolute Gasteiger partial charge is 0.481 e. The molecule has 0 saturated heterocycles. The zero-order valence-corrected chi connectivity index (χ0v) is 12.0. The lowest BCUT2D eigenvalue weighted by Crippen LogP contribution is -2.17. The molecule has 0 bridgehead atoms. The molecule has 0 fully saturated rings. The molecule has 0 aromatic carbocycles. The van der Waals surface area contributed by atoms with E-state index in [1.807, 2.05) is 19.3 Å². The molecule has 0 spiro atoms. The third kappa shape index (κ3) is 2.53. The number of hydrogen-bond donors (Lipinski definition) is 2. The van der Waals surface area contributed by atoms with Crippen LogP contribution in [0.4, 0.5) is 5.13 Å². The second-order valence-corrected chi connectivity index (χ2v) is 6.03. The summed E-state index contributed by atoms with van der Waals surface area (Å²) in [5.74, 6) is -1.21. The molecule has 6 nitrogen and oxygen atoms in total. The quantitative estimate of drug-likeness (QED) is 0.901. The number of hydrogen-bond acceptors (Lipinski definition) is 5. The molecule has 1 atom stereocenters. The van der Waals surface area contributed by atoms with E-state index >= 15 is 0 Å². The van der Waals surface area contributed by atoms with E-state index in [4.69, 9.17) is 0 Å². The van der Waals surface area contributed by atoms with Gasteiger partial charge >= 0.3 is 5.97 Å². The third-order valence-electron chi connectivity index (χ3n) is 3.44. The van der Waals surface area contributed by atoms with Crippen LogP contribution >= 0.6 is 11.3 Å². The topological polar surface area (TPSA) is 80.0 Å². The Morgan fingerprint density at radius 1 is 1.65 bits per heavy atom. The van der Waals surface area contributed by atoms with Crippen molar-refractivity contribution in [2.45, 2.75) is 31.7 Å². The Kier molecular flexibility index (Phi) is 3.43. The summed E-state index contributed by atoms with van der Waals surface area (Å²) in [5.41, 5.74) is 1.69. The number of anilines is 1. The number of aryl methyl sites for hydroxylation is 2. The summed E-state index contributed by atoms with van der Waals surface area (Å²) < 4.78 is 1.75. The van der Waals surface area contributed by atoms with Crippen molar-refractivity contribution in [1.82, 2.24) is 14.8 Å². The molecule has 2 heterocycles. The van der Waals surface area contributed by atoms with Gasteiger partial charge in [-0.2, -0.15) is 5.10 Å². The second kappa shape index (κ2) is 5.24. The van der Waals surface area contributed by atoms with Gasteiger partial charge < -0.3 is 10.4 Å². The fourth-order valence-electron chi connectivity index (χ4n) is 2.46. The van der Waals surface area contributed by atoms with E-state index in [0.29, 0.717) is 13.0 Å². The Morgan fingerprint density at radius 2 is 2.50 bits per heavy atom. The maximum absolute atomic E-state index is 11.2. The van der Waals surface area contributed by atoms with Gasteiger partial charge in [-0.25, -0.2) is 4.98 Å². The number of aromatic nitrogens is 3. The van der Waals surface area contributed by atoms with Crippen LogP contribution in [0, 0.1) is 0 Å². The Labute approximate surface area is 120 Å². The molecular weight excluding hydrogens is 276 g/mol. The van der Waals surface area contributed by atoms with Crippen LogP contribution in [0.5, 0.6) is 0 Å². The summed E-state index contributed by atoms with van der Waals surface area (Å²) in [4.78, 5) is 16.8. The maximum atomic E-state index is 11.2. The molecule has 1 aliphatic carbocycles. The first-order valence-electron chi connectivity index (χ1n) is 6.58. The summed E-state index contributed by atoms with van der Waals surface area (Å²) in [7, 11) is 1.88. The van der Waals surface area contributed by atoms with Crippen molar-refractivity contribution in [1.29, 1.82) is 0 Å². The van der Waals surface area contributed by atoms with Crippen LogP contribution in [0.25, 0.3) is 0 Å². The van der Waals surface area contributed by atoms with Gasteiger partial charge in [-0.1, -0.05) is 0 Å². The molecule has 0 saturated carbocycles. The molecule has 1 unspecified atom stereocenters. The van der Waals surface area contributed by atoms with E-state index in [1.165, 1.54) is 0 Å². The van der Waals surface area contributed by atoms with E-state index < -0.39 is 11.9 Å². The van der Waals surface area contributed by atoms with Gasteiger partial charge in [0.15, 0.2) is 5.13 Å². The number of rotatable bonds is 4. The minimum atomic E-state index is -0.771. The average Bonchev–Trinajstić information content (AvgIpc) is 3.01. The van der Waals surface area contributed by atoms with Crippen molar-refractivity contribution in [2.75, 3.05) is 5.32 Å². The number of carbonyl (C=O) groups is 1. The highest BCUT2D eigenvalue weighted by Crippen LogP contribution is 2.36. The van der Waals surface area contributed by atoms with Crippen molar-refractivity contribution < 1.29 is 9.90 Å². The molecule has 1 aliphatic rings. The number of nitrogens with one attached hydrogen (secondary N) is 1. The van der Waals surface area contributed by atoms with Gasteiger partial charge in [-0.3, -0.25) is 9.48 Å². The van der Waals surface area contributed by atoms with E-state index in [0.717, 1.165) is 34.2 Å². The van der Waals surface area contributed by atoms with Crippen LogP contribution in [-0.2, 0) is 24.8 Å². The molecule has 0 aliphatic heterocycles. The van der Waals surface area contributed by atoms with E-state index in [9.17, 15) is 9.90 Å². The Morgan fingerprint density at radius 3 is 3.20 bits per heavy atom. The summed E-state index contributed by atoms with van der Waals surface area (Å²) in [6.07, 6.45) is 4.43. The SMILES string of the molecule is Cn1ccc(CNc2nc3c(s2)CCCC3C(=O)O)n1. The van der Waals surface area contributed by atoms with Gasteiger partial charge in [-0.05, 0) is 25.3 Å². The number of carboxylic acid groups (broad SMARTS) is 1. The Hall–Kier alpha value is -1.89. The van der Waals surface area contributed by atoms with Gasteiger partial charge in [-0.15, -0.1) is 11.3 Å². The summed E-state index contributed by atoms with van der Waals surface area (Å²) in [5, 5.41) is 17.5. The lowest BCUT2D eigenvalue weighted by atomic mass is 9.91. The highest BCUT2D eigenvalue weighted by atomic mass is 32.1. The zero-order chi connectivity index (χ0) is 14.1. The van der Waals surface area contributed by atoms with Gasteiger partial charge in [0.2, 0.25) is 0 Å². The van der Waals surface area contributed by atoms with Crippen LogP contribution < -0.4 is 5.32 Å². The van der Waals surface area contributed by atoms with E-state index in [2.05, 4.69) is 15.4 Å². The van der Waals surface area contributed by atoms with Crippen LogP contribution in [0.1, 0.15) is 35.0 Å². The van der Waals surface area contributed by atoms with E-state index in [1.54, 1.807) is 16.0 Å². The van der Waals surface area contributed by atoms with Crippen molar-refractivity contribution >= 4 is 22.4 Å². The van der Waals surface area contributed by atoms with E-state index in [-0.39, 0.29) is 0 Å². The number of fused-ring (bicyclic) bond motifs is 1. The van der Waals surface area contributed by atoms with Gasteiger partial charge in [0.05, 0.1) is 17.9 Å². The second-order valence-electron chi connectivity index (χ2n) is 4.94. The molecule has 3 rings (SSSR count). The van der Waals surface area contributed by atoms with Crippen molar-refractivity contribution in [3.05, 3.63) is 28.5 Å². The molecule has 20 heavy (non-hydrogen) atoms. The maximum Gasteiger partial charge on any atom is 0.312 e. The normalized spacial score (nSPS) is 17.8. The first-order valence-corrected chi connectivity index (χ1v) is 7.40. The average molecular weight is 292 g/mol. The minimum Gasteiger partial charge on any atom is -0.481 e. The van der Waals surface area contributed by atoms with Gasteiger partial charge in [0.25, 0.3) is 0 Å². The first-order chi connectivity index (χ1) is 9.63. The summed E-state index contributed by atoms with van der Waals surface area (Å²) in [6.45, 7) is 0.602. The number of nitrogens with zero attached hydrogens (tertiary/aromatic N) is 3. The monoisotopic (exact) mass is 292 g/mol. The fourth-order valence-corrected chi connectivity index (χ4v) is 3.52. The fraction of sp³-hybridized carbons (Fsp3) is 0.462.